The van der Waals surface area contributed by atoms with Crippen LogP contribution in [0.3, 0.4) is 0 Å². The Morgan fingerprint density at radius 3 is 2.32 bits per heavy atom. The summed E-state index contributed by atoms with van der Waals surface area (Å²) in [6.07, 6.45) is 5.51. The number of rotatable bonds is 1. The summed E-state index contributed by atoms with van der Waals surface area (Å²) in [5, 5.41) is 0. The van der Waals surface area contributed by atoms with E-state index in [0.29, 0.717) is 0 Å². The quantitative estimate of drug-likeness (QED) is 0.642. The summed E-state index contributed by atoms with van der Waals surface area (Å²) in [5.74, 6) is 0. The molecule has 3 rings (SSSR count). The first-order valence-electron chi connectivity index (χ1n) is 6.63. The van der Waals surface area contributed by atoms with Crippen molar-refractivity contribution in [2.75, 3.05) is 0 Å². The number of hydrogen-bond donors (Lipinski definition) is 0. The normalized spacial score (nSPS) is 12.8. The molecule has 0 atom stereocenters. The molecule has 1 aliphatic carbocycles. The van der Waals surface area contributed by atoms with Gasteiger partial charge in [-0.2, -0.15) is 0 Å². The maximum atomic E-state index is 3.75. The van der Waals surface area contributed by atoms with E-state index in [0.717, 1.165) is 6.42 Å². The van der Waals surface area contributed by atoms with Gasteiger partial charge in [0.1, 0.15) is 0 Å². The first-order chi connectivity index (χ1) is 9.06. The van der Waals surface area contributed by atoms with Crippen molar-refractivity contribution in [3.05, 3.63) is 62.6 Å². The van der Waals surface area contributed by atoms with Crippen molar-refractivity contribution in [3.63, 3.8) is 0 Å². The molecule has 0 bridgehead atoms. The van der Waals surface area contributed by atoms with Crippen molar-refractivity contribution in [3.8, 4) is 11.1 Å². The lowest BCUT2D eigenvalue weighted by Crippen LogP contribution is -1.93. The highest BCUT2D eigenvalue weighted by Gasteiger charge is 2.14. The summed E-state index contributed by atoms with van der Waals surface area (Å²) in [6, 6.07) is 9.10. The molecule has 0 spiro atoms. The van der Waals surface area contributed by atoms with E-state index in [1.807, 2.05) is 0 Å². The summed E-state index contributed by atoms with van der Waals surface area (Å²) in [4.78, 5) is 0. The van der Waals surface area contributed by atoms with E-state index in [1.165, 1.54) is 43.4 Å². The zero-order valence-corrected chi connectivity index (χ0v) is 13.1. The molecule has 0 unspecified atom stereocenters. The minimum Gasteiger partial charge on any atom is -0.0795 e. The largest absolute Gasteiger partial charge is 0.0795 e. The minimum atomic E-state index is 1.06. The molecule has 2 aromatic carbocycles. The maximum absolute atomic E-state index is 3.75. The van der Waals surface area contributed by atoms with Crippen LogP contribution in [0, 0.1) is 20.8 Å². The van der Waals surface area contributed by atoms with Crippen molar-refractivity contribution < 1.29 is 0 Å². The SMILES string of the molecule is Cc1cc(C)c(-c2cc3c(cc2Br)CC=C3)c(C)c1. The Morgan fingerprint density at radius 2 is 1.63 bits per heavy atom. The molecule has 0 fully saturated rings. The van der Waals surface area contributed by atoms with E-state index in [2.05, 4.69) is 73.1 Å². The lowest BCUT2D eigenvalue weighted by atomic mass is 9.92. The van der Waals surface area contributed by atoms with Crippen molar-refractivity contribution >= 4 is 22.0 Å². The second-order valence-corrected chi connectivity index (χ2v) is 6.27. The molecule has 1 heteroatoms. The van der Waals surface area contributed by atoms with Crippen LogP contribution in [-0.2, 0) is 6.42 Å². The Hall–Kier alpha value is -1.34. The molecular formula is C18H17Br. The van der Waals surface area contributed by atoms with Crippen LogP contribution < -0.4 is 0 Å². The molecule has 0 aliphatic heterocycles. The van der Waals surface area contributed by atoms with Crippen LogP contribution in [0.15, 0.2) is 34.8 Å². The fourth-order valence-electron chi connectivity index (χ4n) is 3.07. The van der Waals surface area contributed by atoms with Gasteiger partial charge in [0.15, 0.2) is 0 Å². The van der Waals surface area contributed by atoms with Gasteiger partial charge in [0.25, 0.3) is 0 Å². The third-order valence-electron chi connectivity index (χ3n) is 3.81. The molecular weight excluding hydrogens is 296 g/mol. The number of benzene rings is 2. The maximum Gasteiger partial charge on any atom is 0.0257 e. The summed E-state index contributed by atoms with van der Waals surface area (Å²) in [6.45, 7) is 6.56. The summed E-state index contributed by atoms with van der Waals surface area (Å²) >= 11 is 3.75. The minimum absolute atomic E-state index is 1.06. The van der Waals surface area contributed by atoms with E-state index < -0.39 is 0 Å². The van der Waals surface area contributed by atoms with Crippen LogP contribution in [-0.4, -0.2) is 0 Å². The highest BCUT2D eigenvalue weighted by atomic mass is 79.9. The molecule has 96 valence electrons. The Balaban J connectivity index is 2.25. The Labute approximate surface area is 123 Å². The van der Waals surface area contributed by atoms with Crippen molar-refractivity contribution in [1.82, 2.24) is 0 Å². The standard InChI is InChI=1S/C18H17Br/c1-11-7-12(2)18(13(3)8-11)16-9-14-5-4-6-15(14)10-17(16)19/h4-5,7-10H,6H2,1-3H3. The van der Waals surface area contributed by atoms with Crippen LogP contribution >= 0.6 is 15.9 Å². The van der Waals surface area contributed by atoms with Crippen LogP contribution in [0.2, 0.25) is 0 Å². The predicted molar refractivity (Wildman–Crippen MR) is 86.5 cm³/mol. The van der Waals surface area contributed by atoms with Crippen molar-refractivity contribution in [2.45, 2.75) is 27.2 Å². The Morgan fingerprint density at radius 1 is 0.947 bits per heavy atom. The monoisotopic (exact) mass is 312 g/mol. The molecule has 0 radical (unpaired) electrons. The van der Waals surface area contributed by atoms with E-state index in [9.17, 15) is 0 Å². The third kappa shape index (κ3) is 2.17. The van der Waals surface area contributed by atoms with E-state index >= 15 is 0 Å². The number of hydrogen-bond acceptors (Lipinski definition) is 0. The van der Waals surface area contributed by atoms with E-state index in [4.69, 9.17) is 0 Å². The number of aryl methyl sites for hydroxylation is 3. The molecule has 0 heterocycles. The third-order valence-corrected chi connectivity index (χ3v) is 4.47. The summed E-state index contributed by atoms with van der Waals surface area (Å²) in [7, 11) is 0. The fourth-order valence-corrected chi connectivity index (χ4v) is 3.66. The smallest absolute Gasteiger partial charge is 0.0257 e. The van der Waals surface area contributed by atoms with Gasteiger partial charge in [0.05, 0.1) is 0 Å². The average molecular weight is 313 g/mol. The van der Waals surface area contributed by atoms with Gasteiger partial charge in [-0.3, -0.25) is 0 Å². The molecule has 1 aliphatic rings. The van der Waals surface area contributed by atoms with Crippen LogP contribution in [0.4, 0.5) is 0 Å². The highest BCUT2D eigenvalue weighted by molar-refractivity contribution is 9.10. The Kier molecular flexibility index (Phi) is 3.10. The lowest BCUT2D eigenvalue weighted by Gasteiger charge is -2.15. The average Bonchev–Trinajstić information content (AvgIpc) is 2.74. The van der Waals surface area contributed by atoms with Crippen molar-refractivity contribution in [2.24, 2.45) is 0 Å². The predicted octanol–water partition coefficient (Wildman–Crippen LogP) is 5.61. The van der Waals surface area contributed by atoms with Crippen LogP contribution in [0.25, 0.3) is 17.2 Å². The molecule has 0 aromatic heterocycles. The second-order valence-electron chi connectivity index (χ2n) is 5.41. The summed E-state index contributed by atoms with van der Waals surface area (Å²) < 4.78 is 1.20. The molecule has 0 amide bonds. The number of allylic oxidation sites excluding steroid dienone is 1. The highest BCUT2D eigenvalue weighted by Crippen LogP contribution is 2.37. The molecule has 0 saturated heterocycles. The molecule has 0 nitrogen and oxygen atoms in total. The van der Waals surface area contributed by atoms with Crippen LogP contribution in [0.5, 0.6) is 0 Å². The van der Waals surface area contributed by atoms with Gasteiger partial charge < -0.3 is 0 Å². The van der Waals surface area contributed by atoms with Gasteiger partial charge in [0.2, 0.25) is 0 Å². The fraction of sp³-hybridized carbons (Fsp3) is 0.222. The molecule has 19 heavy (non-hydrogen) atoms. The molecule has 0 N–H and O–H groups in total. The molecule has 2 aromatic rings. The first-order valence-corrected chi connectivity index (χ1v) is 7.43. The van der Waals surface area contributed by atoms with Gasteiger partial charge in [0, 0.05) is 4.47 Å². The lowest BCUT2D eigenvalue weighted by molar-refractivity contribution is 1.28. The van der Waals surface area contributed by atoms with E-state index in [-0.39, 0.29) is 0 Å². The Bertz CT molecular complexity index is 670. The van der Waals surface area contributed by atoms with Gasteiger partial charge in [-0.05, 0) is 72.7 Å². The van der Waals surface area contributed by atoms with Crippen molar-refractivity contribution in [1.29, 1.82) is 0 Å². The topological polar surface area (TPSA) is 0 Å². The number of halogens is 1. The number of fused-ring (bicyclic) bond motifs is 1. The van der Waals surface area contributed by atoms with E-state index in [1.54, 1.807) is 0 Å². The van der Waals surface area contributed by atoms with Gasteiger partial charge in [-0.15, -0.1) is 0 Å². The van der Waals surface area contributed by atoms with Gasteiger partial charge in [-0.1, -0.05) is 45.8 Å². The van der Waals surface area contributed by atoms with Crippen LogP contribution in [0.1, 0.15) is 27.8 Å². The summed E-state index contributed by atoms with van der Waals surface area (Å²) in [5.41, 5.74) is 9.47. The zero-order chi connectivity index (χ0) is 13.6. The zero-order valence-electron chi connectivity index (χ0n) is 11.5. The van der Waals surface area contributed by atoms with Gasteiger partial charge in [-0.25, -0.2) is 0 Å². The second kappa shape index (κ2) is 4.64. The molecule has 0 saturated carbocycles. The first kappa shape index (κ1) is 12.7. The van der Waals surface area contributed by atoms with Gasteiger partial charge >= 0.3 is 0 Å².